The van der Waals surface area contributed by atoms with Crippen LogP contribution in [0.3, 0.4) is 0 Å². The summed E-state index contributed by atoms with van der Waals surface area (Å²) < 4.78 is 8.79. The molecule has 1 aliphatic carbocycles. The molecule has 2 aliphatic rings. The highest BCUT2D eigenvalue weighted by atomic mass is 16.5. The third-order valence-electron chi connectivity index (χ3n) is 12.2. The van der Waals surface area contributed by atoms with Crippen molar-refractivity contribution in [3.8, 4) is 68.5 Å². The van der Waals surface area contributed by atoms with Crippen LogP contribution >= 0.6 is 0 Å². The van der Waals surface area contributed by atoms with Gasteiger partial charge in [0.2, 0.25) is 0 Å². The Morgan fingerprint density at radius 1 is 0.541 bits per heavy atom. The number of para-hydroxylation sites is 3. The standard InChI is InChI=1S/C54H30N6O/c1-56-44-31-46(35(32-55)30-39(44)53-58-51(33-16-4-2-5-17-33)57-52(59-53)34-18-6-3-7-19-34)60-45-25-13-9-20-36(45)37-28-29-43-49(50(37)60)38-21-8-10-22-40(38)54(43)41-23-11-14-26-47(41)61-48-27-15-12-24-42(48)54/h2-31H. The third-order valence-corrected chi connectivity index (χ3v) is 12.2. The topological polar surface area (TPSA) is 81.0 Å². The predicted molar refractivity (Wildman–Crippen MR) is 239 cm³/mol. The van der Waals surface area contributed by atoms with Crippen LogP contribution in [-0.4, -0.2) is 19.5 Å². The lowest BCUT2D eigenvalue weighted by Gasteiger charge is -2.39. The number of rotatable bonds is 4. The molecule has 0 bridgehead atoms. The molecule has 0 N–H and O–H groups in total. The molecular formula is C54H30N6O. The zero-order chi connectivity index (χ0) is 40.7. The lowest BCUT2D eigenvalue weighted by atomic mass is 9.66. The summed E-state index contributed by atoms with van der Waals surface area (Å²) in [6, 6.07) is 63.7. The Kier molecular flexibility index (Phi) is 7.44. The number of nitrogens with zero attached hydrogens (tertiary/aromatic N) is 6. The van der Waals surface area contributed by atoms with Crippen LogP contribution in [0.2, 0.25) is 0 Å². The summed E-state index contributed by atoms with van der Waals surface area (Å²) in [6.07, 6.45) is 0. The monoisotopic (exact) mass is 778 g/mol. The van der Waals surface area contributed by atoms with E-state index < -0.39 is 5.41 Å². The van der Waals surface area contributed by atoms with Crippen molar-refractivity contribution >= 4 is 27.5 Å². The van der Waals surface area contributed by atoms with Crippen LogP contribution in [0.4, 0.5) is 5.69 Å². The number of nitriles is 1. The van der Waals surface area contributed by atoms with Gasteiger partial charge in [0.05, 0.1) is 34.3 Å². The third kappa shape index (κ3) is 4.86. The lowest BCUT2D eigenvalue weighted by Crippen LogP contribution is -2.32. The maximum atomic E-state index is 11.1. The summed E-state index contributed by atoms with van der Waals surface area (Å²) in [5, 5.41) is 13.2. The Bertz CT molecular complexity index is 3440. The number of aromatic nitrogens is 4. The number of fused-ring (bicyclic) bond motifs is 13. The SMILES string of the molecule is [C-]#[N+]c1cc(-n2c3ccccc3c3ccc4c(c32)-c2ccccc2C42c3ccccc3Oc3ccccc32)c(C#N)cc1-c1nc(-c2ccccc2)nc(-c2ccccc2)n1. The maximum absolute atomic E-state index is 11.1. The van der Waals surface area contributed by atoms with Crippen LogP contribution in [0.25, 0.3) is 77.6 Å². The van der Waals surface area contributed by atoms with E-state index in [1.807, 2.05) is 103 Å². The fourth-order valence-electron chi connectivity index (χ4n) is 9.69. The van der Waals surface area contributed by atoms with E-state index in [-0.39, 0.29) is 0 Å². The molecule has 0 radical (unpaired) electrons. The van der Waals surface area contributed by atoms with Gasteiger partial charge in [0.1, 0.15) is 17.6 Å². The first-order valence-electron chi connectivity index (χ1n) is 20.0. The van der Waals surface area contributed by atoms with E-state index in [1.54, 1.807) is 6.07 Å². The van der Waals surface area contributed by atoms with Crippen molar-refractivity contribution in [2.45, 2.75) is 5.41 Å². The molecule has 8 aromatic carbocycles. The van der Waals surface area contributed by atoms with E-state index in [0.717, 1.165) is 77.8 Å². The highest BCUT2D eigenvalue weighted by Crippen LogP contribution is 2.63. The quantitative estimate of drug-likeness (QED) is 0.166. The Balaban J connectivity index is 1.16. The van der Waals surface area contributed by atoms with Gasteiger partial charge in [-0.15, -0.1) is 0 Å². The summed E-state index contributed by atoms with van der Waals surface area (Å²) >= 11 is 0. The minimum absolute atomic E-state index is 0.317. The van der Waals surface area contributed by atoms with E-state index >= 15 is 0 Å². The molecule has 7 heteroatoms. The van der Waals surface area contributed by atoms with Gasteiger partial charge < -0.3 is 9.30 Å². The van der Waals surface area contributed by atoms with Gasteiger partial charge in [-0.25, -0.2) is 19.8 Å². The van der Waals surface area contributed by atoms with Gasteiger partial charge in [0, 0.05) is 44.2 Å². The molecule has 61 heavy (non-hydrogen) atoms. The average molecular weight is 779 g/mol. The van der Waals surface area contributed by atoms with Crippen LogP contribution < -0.4 is 4.74 Å². The summed E-state index contributed by atoms with van der Waals surface area (Å²) in [7, 11) is 0. The molecule has 0 saturated heterocycles. The van der Waals surface area contributed by atoms with Gasteiger partial charge in [-0.1, -0.05) is 152 Å². The first-order valence-corrected chi connectivity index (χ1v) is 20.0. The zero-order valence-corrected chi connectivity index (χ0v) is 32.4. The second kappa shape index (κ2) is 13.2. The van der Waals surface area contributed by atoms with E-state index in [4.69, 9.17) is 26.3 Å². The molecule has 12 rings (SSSR count). The predicted octanol–water partition coefficient (Wildman–Crippen LogP) is 12.9. The minimum Gasteiger partial charge on any atom is -0.457 e. The number of ether oxygens (including phenoxy) is 1. The van der Waals surface area contributed by atoms with Crippen LogP contribution in [0.5, 0.6) is 11.5 Å². The van der Waals surface area contributed by atoms with Crippen molar-refractivity contribution in [2.75, 3.05) is 0 Å². The van der Waals surface area contributed by atoms with E-state index in [1.165, 1.54) is 0 Å². The maximum Gasteiger partial charge on any atom is 0.200 e. The van der Waals surface area contributed by atoms with Crippen molar-refractivity contribution in [3.63, 3.8) is 0 Å². The van der Waals surface area contributed by atoms with Gasteiger partial charge in [-0.05, 0) is 47.0 Å². The van der Waals surface area contributed by atoms with Gasteiger partial charge in [0.15, 0.2) is 23.2 Å². The Hall–Kier alpha value is -8.65. The molecule has 0 unspecified atom stereocenters. The van der Waals surface area contributed by atoms with Crippen molar-refractivity contribution in [1.29, 1.82) is 5.26 Å². The highest BCUT2D eigenvalue weighted by molar-refractivity contribution is 6.16. The van der Waals surface area contributed by atoms with Crippen LogP contribution in [0.1, 0.15) is 27.8 Å². The zero-order valence-electron chi connectivity index (χ0n) is 32.4. The number of hydrogen-bond acceptors (Lipinski definition) is 5. The number of benzene rings is 8. The molecule has 7 nitrogen and oxygen atoms in total. The first-order chi connectivity index (χ1) is 30.2. The van der Waals surface area contributed by atoms with E-state index in [2.05, 4.69) is 88.3 Å². The molecule has 2 aromatic heterocycles. The van der Waals surface area contributed by atoms with Gasteiger partial charge in [-0.2, -0.15) is 5.26 Å². The first kappa shape index (κ1) is 34.4. The second-order valence-corrected chi connectivity index (χ2v) is 15.3. The summed E-state index contributed by atoms with van der Waals surface area (Å²) in [5.74, 6) is 2.91. The molecule has 0 atom stereocenters. The average Bonchev–Trinajstić information content (AvgIpc) is 3.82. The molecule has 282 valence electrons. The van der Waals surface area contributed by atoms with Gasteiger partial charge >= 0.3 is 0 Å². The number of hydrogen-bond donors (Lipinski definition) is 0. The summed E-state index contributed by atoms with van der Waals surface area (Å²) in [5.41, 5.74) is 11.2. The second-order valence-electron chi connectivity index (χ2n) is 15.3. The van der Waals surface area contributed by atoms with Crippen molar-refractivity contribution in [2.24, 2.45) is 0 Å². The smallest absolute Gasteiger partial charge is 0.200 e. The summed E-state index contributed by atoms with van der Waals surface area (Å²) in [4.78, 5) is 18.8. The van der Waals surface area contributed by atoms with Crippen LogP contribution in [-0.2, 0) is 5.41 Å². The molecule has 3 heterocycles. The minimum atomic E-state index is -0.679. The Morgan fingerprint density at radius 2 is 1.11 bits per heavy atom. The Labute approximate surface area is 350 Å². The van der Waals surface area contributed by atoms with Crippen molar-refractivity contribution in [3.05, 3.63) is 221 Å². The fourth-order valence-corrected chi connectivity index (χ4v) is 9.69. The summed E-state index contributed by atoms with van der Waals surface area (Å²) in [6.45, 7) is 8.58. The van der Waals surface area contributed by atoms with E-state index in [9.17, 15) is 5.26 Å². The molecule has 0 fully saturated rings. The Morgan fingerprint density at radius 3 is 1.77 bits per heavy atom. The highest BCUT2D eigenvalue weighted by Gasteiger charge is 2.51. The van der Waals surface area contributed by atoms with Gasteiger partial charge in [0.25, 0.3) is 0 Å². The van der Waals surface area contributed by atoms with Crippen LogP contribution in [0.15, 0.2) is 182 Å². The molecule has 0 amide bonds. The fraction of sp³-hybridized carbons (Fsp3) is 0.0185. The molecular weight excluding hydrogens is 749 g/mol. The molecule has 1 spiro atoms. The van der Waals surface area contributed by atoms with Crippen LogP contribution in [0, 0.1) is 17.9 Å². The van der Waals surface area contributed by atoms with Crippen molar-refractivity contribution < 1.29 is 4.74 Å². The molecule has 1 aliphatic heterocycles. The van der Waals surface area contributed by atoms with Gasteiger partial charge in [-0.3, -0.25) is 0 Å². The molecule has 10 aromatic rings. The largest absolute Gasteiger partial charge is 0.457 e. The lowest BCUT2D eigenvalue weighted by molar-refractivity contribution is 0.436. The van der Waals surface area contributed by atoms with E-state index in [0.29, 0.717) is 40.0 Å². The van der Waals surface area contributed by atoms with Crippen molar-refractivity contribution in [1.82, 2.24) is 19.5 Å². The molecule has 0 saturated carbocycles. The normalized spacial score (nSPS) is 12.8.